The average Bonchev–Trinajstić information content (AvgIpc) is 2.30. The molecule has 0 aromatic heterocycles. The summed E-state index contributed by atoms with van der Waals surface area (Å²) >= 11 is 0. The Kier molecular flexibility index (Phi) is 9.74. The Bertz CT molecular complexity index is 222. The minimum Gasteiger partial charge on any atom is -0.382 e. The molecule has 0 aliphatic carbocycles. The van der Waals surface area contributed by atoms with Crippen molar-refractivity contribution in [2.75, 3.05) is 33.4 Å². The highest BCUT2D eigenvalue weighted by molar-refractivity contribution is 5.79. The van der Waals surface area contributed by atoms with Crippen LogP contribution in [-0.4, -0.2) is 39.3 Å². The first-order chi connectivity index (χ1) is 8.49. The summed E-state index contributed by atoms with van der Waals surface area (Å²) in [6, 6.07) is 0. The van der Waals surface area contributed by atoms with Crippen molar-refractivity contribution in [3.8, 4) is 0 Å². The van der Waals surface area contributed by atoms with Crippen LogP contribution < -0.4 is 10.6 Å². The molecule has 0 heterocycles. The smallest absolute Gasteiger partial charge is 0.190 e. The fourth-order valence-electron chi connectivity index (χ4n) is 1.57. The average molecular weight is 257 g/mol. The molecule has 0 aromatic carbocycles. The second-order valence-corrected chi connectivity index (χ2v) is 5.64. The zero-order chi connectivity index (χ0) is 13.9. The van der Waals surface area contributed by atoms with Gasteiger partial charge in [0.15, 0.2) is 5.96 Å². The maximum Gasteiger partial charge on any atom is 0.190 e. The summed E-state index contributed by atoms with van der Waals surface area (Å²) in [5.74, 6) is 0.889. The molecule has 0 unspecified atom stereocenters. The molecule has 0 amide bonds. The van der Waals surface area contributed by atoms with Gasteiger partial charge in [0, 0.05) is 33.4 Å². The monoisotopic (exact) mass is 257 g/mol. The van der Waals surface area contributed by atoms with Crippen molar-refractivity contribution in [1.29, 1.82) is 0 Å². The first kappa shape index (κ1) is 17.2. The molecule has 108 valence electrons. The molecule has 2 N–H and O–H groups in total. The summed E-state index contributed by atoms with van der Waals surface area (Å²) < 4.78 is 5.28. The van der Waals surface area contributed by atoms with Crippen LogP contribution in [0.1, 0.15) is 47.0 Å². The molecule has 0 aliphatic heterocycles. The van der Waals surface area contributed by atoms with Crippen LogP contribution in [0.5, 0.6) is 0 Å². The van der Waals surface area contributed by atoms with Crippen LogP contribution in [0, 0.1) is 5.41 Å². The van der Waals surface area contributed by atoms with Crippen molar-refractivity contribution >= 4 is 5.96 Å². The molecule has 0 aromatic rings. The van der Waals surface area contributed by atoms with Gasteiger partial charge in [-0.15, -0.1) is 0 Å². The number of nitrogens with one attached hydrogen (secondary N) is 2. The van der Waals surface area contributed by atoms with Crippen LogP contribution in [0.15, 0.2) is 4.99 Å². The topological polar surface area (TPSA) is 45.6 Å². The van der Waals surface area contributed by atoms with E-state index in [4.69, 9.17) is 4.74 Å². The van der Waals surface area contributed by atoms with Crippen LogP contribution in [0.4, 0.5) is 0 Å². The molecule has 0 saturated carbocycles. The molecular weight excluding hydrogens is 226 g/mol. The molecule has 0 fully saturated rings. The van der Waals surface area contributed by atoms with Crippen LogP contribution in [0.2, 0.25) is 0 Å². The third kappa shape index (κ3) is 11.7. The van der Waals surface area contributed by atoms with Gasteiger partial charge in [0.25, 0.3) is 0 Å². The van der Waals surface area contributed by atoms with E-state index >= 15 is 0 Å². The summed E-state index contributed by atoms with van der Waals surface area (Å²) in [5, 5.41) is 6.62. The lowest BCUT2D eigenvalue weighted by molar-refractivity contribution is 0.145. The van der Waals surface area contributed by atoms with E-state index in [2.05, 4.69) is 36.4 Å². The molecule has 0 atom stereocenters. The van der Waals surface area contributed by atoms with Gasteiger partial charge in [0.1, 0.15) is 0 Å². The van der Waals surface area contributed by atoms with E-state index in [1.54, 1.807) is 0 Å². The Labute approximate surface area is 113 Å². The van der Waals surface area contributed by atoms with Gasteiger partial charge >= 0.3 is 0 Å². The maximum atomic E-state index is 5.28. The van der Waals surface area contributed by atoms with Crippen molar-refractivity contribution in [3.05, 3.63) is 0 Å². The molecule has 4 nitrogen and oxygen atoms in total. The third-order valence-electron chi connectivity index (χ3n) is 2.58. The Morgan fingerprint density at radius 2 is 1.72 bits per heavy atom. The van der Waals surface area contributed by atoms with E-state index in [1.165, 1.54) is 12.8 Å². The quantitative estimate of drug-likeness (QED) is 0.399. The van der Waals surface area contributed by atoms with Crippen LogP contribution in [0.3, 0.4) is 0 Å². The zero-order valence-corrected chi connectivity index (χ0v) is 12.8. The number of hydrogen-bond donors (Lipinski definition) is 2. The number of ether oxygens (including phenoxy) is 1. The molecule has 0 rings (SSSR count). The zero-order valence-electron chi connectivity index (χ0n) is 12.8. The van der Waals surface area contributed by atoms with Gasteiger partial charge in [0.2, 0.25) is 0 Å². The highest BCUT2D eigenvalue weighted by Gasteiger charge is 2.08. The molecule has 0 bridgehead atoms. The normalized spacial score (nSPS) is 12.6. The Hall–Kier alpha value is -0.770. The van der Waals surface area contributed by atoms with Crippen molar-refractivity contribution in [3.63, 3.8) is 0 Å². The molecule has 18 heavy (non-hydrogen) atoms. The summed E-state index contributed by atoms with van der Waals surface area (Å²) in [7, 11) is 1.81. The van der Waals surface area contributed by atoms with E-state index in [0.717, 1.165) is 38.7 Å². The van der Waals surface area contributed by atoms with Crippen molar-refractivity contribution < 1.29 is 4.74 Å². The van der Waals surface area contributed by atoms with E-state index < -0.39 is 0 Å². The summed E-state index contributed by atoms with van der Waals surface area (Å²) in [6.07, 6.45) is 3.40. The Balaban J connectivity index is 3.54. The van der Waals surface area contributed by atoms with Crippen molar-refractivity contribution in [2.24, 2.45) is 10.4 Å². The molecule has 0 spiro atoms. The number of aliphatic imine (C=N–C) groups is 1. The molecule has 4 heteroatoms. The largest absolute Gasteiger partial charge is 0.382 e. The summed E-state index contributed by atoms with van der Waals surface area (Å²) in [4.78, 5) is 4.19. The molecule has 0 radical (unpaired) electrons. The standard InChI is InChI=1S/C14H31N3O/c1-6-18-12-8-11-17-13(15-5)16-10-7-9-14(2,3)4/h6-12H2,1-5H3,(H2,15,16,17). The number of guanidine groups is 1. The summed E-state index contributed by atoms with van der Waals surface area (Å²) in [6.45, 7) is 12.3. The van der Waals surface area contributed by atoms with Gasteiger partial charge in [0.05, 0.1) is 0 Å². The number of rotatable bonds is 8. The van der Waals surface area contributed by atoms with Gasteiger partial charge in [-0.2, -0.15) is 0 Å². The Morgan fingerprint density at radius 1 is 1.11 bits per heavy atom. The van der Waals surface area contributed by atoms with Gasteiger partial charge in [-0.3, -0.25) is 4.99 Å². The van der Waals surface area contributed by atoms with E-state index in [0.29, 0.717) is 5.41 Å². The van der Waals surface area contributed by atoms with E-state index in [-0.39, 0.29) is 0 Å². The molecular formula is C14H31N3O. The highest BCUT2D eigenvalue weighted by Crippen LogP contribution is 2.19. The molecule has 0 aliphatic rings. The maximum absolute atomic E-state index is 5.28. The van der Waals surface area contributed by atoms with Crippen LogP contribution in [-0.2, 0) is 4.74 Å². The predicted molar refractivity (Wildman–Crippen MR) is 79.2 cm³/mol. The van der Waals surface area contributed by atoms with Gasteiger partial charge in [-0.25, -0.2) is 0 Å². The fraction of sp³-hybridized carbons (Fsp3) is 0.929. The van der Waals surface area contributed by atoms with E-state index in [1.807, 2.05) is 14.0 Å². The fourth-order valence-corrected chi connectivity index (χ4v) is 1.57. The highest BCUT2D eigenvalue weighted by atomic mass is 16.5. The second kappa shape index (κ2) is 10.2. The van der Waals surface area contributed by atoms with Crippen LogP contribution >= 0.6 is 0 Å². The van der Waals surface area contributed by atoms with Gasteiger partial charge in [-0.1, -0.05) is 20.8 Å². The summed E-state index contributed by atoms with van der Waals surface area (Å²) in [5.41, 5.74) is 0.413. The van der Waals surface area contributed by atoms with Crippen molar-refractivity contribution in [1.82, 2.24) is 10.6 Å². The van der Waals surface area contributed by atoms with Crippen LogP contribution in [0.25, 0.3) is 0 Å². The second-order valence-electron chi connectivity index (χ2n) is 5.64. The lowest BCUT2D eigenvalue weighted by Gasteiger charge is -2.18. The lowest BCUT2D eigenvalue weighted by atomic mass is 9.91. The van der Waals surface area contributed by atoms with Crippen molar-refractivity contribution in [2.45, 2.75) is 47.0 Å². The Morgan fingerprint density at radius 3 is 2.22 bits per heavy atom. The minimum absolute atomic E-state index is 0.413. The number of hydrogen-bond acceptors (Lipinski definition) is 2. The predicted octanol–water partition coefficient (Wildman–Crippen LogP) is 2.40. The molecule has 0 saturated heterocycles. The van der Waals surface area contributed by atoms with Gasteiger partial charge < -0.3 is 15.4 Å². The third-order valence-corrected chi connectivity index (χ3v) is 2.58. The first-order valence-corrected chi connectivity index (χ1v) is 7.02. The van der Waals surface area contributed by atoms with Gasteiger partial charge in [-0.05, 0) is 31.6 Å². The first-order valence-electron chi connectivity index (χ1n) is 7.02. The SMILES string of the molecule is CCOCCCNC(=NC)NCCCC(C)(C)C. The minimum atomic E-state index is 0.413. The number of nitrogens with zero attached hydrogens (tertiary/aromatic N) is 1. The lowest BCUT2D eigenvalue weighted by Crippen LogP contribution is -2.38. The van der Waals surface area contributed by atoms with E-state index in [9.17, 15) is 0 Å².